The summed E-state index contributed by atoms with van der Waals surface area (Å²) in [6.45, 7) is 3.69. The number of fused-ring (bicyclic) bond motifs is 1. The Kier molecular flexibility index (Phi) is 5.23. The molecule has 0 saturated carbocycles. The summed E-state index contributed by atoms with van der Waals surface area (Å²) in [5.41, 5.74) is 0.360. The van der Waals surface area contributed by atoms with E-state index in [2.05, 4.69) is 0 Å². The zero-order valence-electron chi connectivity index (χ0n) is 14.0. The van der Waals surface area contributed by atoms with Crippen LogP contribution in [0.2, 0.25) is 0 Å². The third kappa shape index (κ3) is 3.80. The molecule has 2 aliphatic rings. The van der Waals surface area contributed by atoms with E-state index in [1.54, 1.807) is 23.1 Å². The highest BCUT2D eigenvalue weighted by atomic mass is 16.5. The summed E-state index contributed by atoms with van der Waals surface area (Å²) in [5, 5.41) is 0. The molecule has 2 aliphatic heterocycles. The van der Waals surface area contributed by atoms with Gasteiger partial charge >= 0.3 is 5.97 Å². The Balaban J connectivity index is 1.58. The summed E-state index contributed by atoms with van der Waals surface area (Å²) in [5.74, 6) is 0.508. The first kappa shape index (κ1) is 16.6. The first-order chi connectivity index (χ1) is 11.6. The fraction of sp³-hybridized carbons (Fsp3) is 0.556. The first-order valence-electron chi connectivity index (χ1n) is 8.51. The molecule has 1 aromatic rings. The van der Waals surface area contributed by atoms with Gasteiger partial charge in [-0.25, -0.2) is 4.79 Å². The number of esters is 1. The molecule has 1 atom stereocenters. The van der Waals surface area contributed by atoms with E-state index < -0.39 is 5.97 Å². The van der Waals surface area contributed by atoms with Crippen LogP contribution < -0.4 is 9.47 Å². The number of amides is 1. The van der Waals surface area contributed by atoms with Crippen LogP contribution in [0, 0.1) is 0 Å². The molecule has 0 aliphatic carbocycles. The number of hydrogen-bond donors (Lipinski definition) is 0. The van der Waals surface area contributed by atoms with E-state index >= 15 is 0 Å². The van der Waals surface area contributed by atoms with Crippen molar-refractivity contribution in [1.82, 2.24) is 4.90 Å². The molecule has 0 spiro atoms. The second-order valence-corrected chi connectivity index (χ2v) is 6.22. The second kappa shape index (κ2) is 7.55. The minimum Gasteiger partial charge on any atom is -0.490 e. The molecular formula is C18H23NO5. The molecule has 130 valence electrons. The van der Waals surface area contributed by atoms with Gasteiger partial charge in [-0.05, 0) is 44.4 Å². The highest BCUT2D eigenvalue weighted by molar-refractivity contribution is 5.92. The third-order valence-electron chi connectivity index (χ3n) is 4.43. The number of ether oxygens (including phenoxy) is 3. The van der Waals surface area contributed by atoms with Crippen molar-refractivity contribution >= 4 is 11.9 Å². The van der Waals surface area contributed by atoms with Gasteiger partial charge in [0.2, 0.25) is 0 Å². The predicted molar refractivity (Wildman–Crippen MR) is 87.4 cm³/mol. The second-order valence-electron chi connectivity index (χ2n) is 6.22. The molecule has 1 saturated heterocycles. The van der Waals surface area contributed by atoms with Crippen molar-refractivity contribution in [2.75, 3.05) is 26.4 Å². The standard InChI is InChI=1S/C18H23NO5/c1-13-5-2-3-8-19(13)17(20)12-24-18(21)14-6-7-15-16(11-14)23-10-4-9-22-15/h6-7,11,13H,2-5,8-10,12H2,1H3. The molecule has 0 aromatic heterocycles. The van der Waals surface area contributed by atoms with Crippen molar-refractivity contribution in [2.45, 2.75) is 38.6 Å². The summed E-state index contributed by atoms with van der Waals surface area (Å²) in [6.07, 6.45) is 3.95. The lowest BCUT2D eigenvalue weighted by molar-refractivity contribution is -0.137. The van der Waals surface area contributed by atoms with E-state index in [4.69, 9.17) is 14.2 Å². The van der Waals surface area contributed by atoms with Crippen molar-refractivity contribution in [3.05, 3.63) is 23.8 Å². The van der Waals surface area contributed by atoms with E-state index in [9.17, 15) is 9.59 Å². The van der Waals surface area contributed by atoms with Crippen LogP contribution in [-0.4, -0.2) is 49.2 Å². The van der Waals surface area contributed by atoms with Crippen LogP contribution in [-0.2, 0) is 9.53 Å². The maximum absolute atomic E-state index is 12.2. The largest absolute Gasteiger partial charge is 0.490 e. The summed E-state index contributed by atoms with van der Waals surface area (Å²) in [4.78, 5) is 26.2. The Morgan fingerprint density at radius 1 is 1.17 bits per heavy atom. The van der Waals surface area contributed by atoms with Gasteiger partial charge in [-0.15, -0.1) is 0 Å². The number of hydrogen-bond acceptors (Lipinski definition) is 5. The molecule has 1 amide bonds. The van der Waals surface area contributed by atoms with Crippen LogP contribution in [0.25, 0.3) is 0 Å². The zero-order valence-corrected chi connectivity index (χ0v) is 14.0. The molecule has 1 unspecified atom stereocenters. The average Bonchev–Trinajstić information content (AvgIpc) is 2.84. The fourth-order valence-electron chi connectivity index (χ4n) is 3.05. The van der Waals surface area contributed by atoms with Crippen molar-refractivity contribution < 1.29 is 23.8 Å². The van der Waals surface area contributed by atoms with Crippen molar-refractivity contribution in [2.24, 2.45) is 0 Å². The van der Waals surface area contributed by atoms with Gasteiger partial charge in [-0.2, -0.15) is 0 Å². The van der Waals surface area contributed by atoms with E-state index in [0.29, 0.717) is 30.3 Å². The number of benzene rings is 1. The van der Waals surface area contributed by atoms with Crippen molar-refractivity contribution in [1.29, 1.82) is 0 Å². The molecule has 0 bridgehead atoms. The minimum atomic E-state index is -0.524. The van der Waals surface area contributed by atoms with Gasteiger partial charge in [0.1, 0.15) is 0 Å². The maximum atomic E-state index is 12.2. The van der Waals surface area contributed by atoms with Crippen LogP contribution in [0.15, 0.2) is 18.2 Å². The summed E-state index contributed by atoms with van der Waals surface area (Å²) >= 11 is 0. The summed E-state index contributed by atoms with van der Waals surface area (Å²) in [6, 6.07) is 5.15. The third-order valence-corrected chi connectivity index (χ3v) is 4.43. The van der Waals surface area contributed by atoms with Crippen LogP contribution >= 0.6 is 0 Å². The van der Waals surface area contributed by atoms with Crippen LogP contribution in [0.4, 0.5) is 0 Å². The number of carbonyl (C=O) groups is 2. The molecule has 2 heterocycles. The molecule has 24 heavy (non-hydrogen) atoms. The first-order valence-corrected chi connectivity index (χ1v) is 8.51. The number of piperidine rings is 1. The maximum Gasteiger partial charge on any atom is 0.338 e. The van der Waals surface area contributed by atoms with E-state index in [1.807, 2.05) is 6.92 Å². The quantitative estimate of drug-likeness (QED) is 0.795. The molecule has 6 nitrogen and oxygen atoms in total. The molecular weight excluding hydrogens is 310 g/mol. The number of rotatable bonds is 3. The fourth-order valence-corrected chi connectivity index (χ4v) is 3.05. The zero-order chi connectivity index (χ0) is 16.9. The SMILES string of the molecule is CC1CCCCN1C(=O)COC(=O)c1ccc2c(c1)OCCCO2. The molecule has 3 rings (SSSR count). The molecule has 1 aromatic carbocycles. The normalized spacial score (nSPS) is 20.2. The topological polar surface area (TPSA) is 65.1 Å². The number of carbonyl (C=O) groups excluding carboxylic acids is 2. The minimum absolute atomic E-state index is 0.134. The molecule has 0 N–H and O–H groups in total. The number of nitrogens with zero attached hydrogens (tertiary/aromatic N) is 1. The lowest BCUT2D eigenvalue weighted by Crippen LogP contribution is -2.44. The van der Waals surface area contributed by atoms with Gasteiger partial charge in [0.05, 0.1) is 18.8 Å². The van der Waals surface area contributed by atoms with Gasteiger partial charge in [0, 0.05) is 19.0 Å². The van der Waals surface area contributed by atoms with E-state index in [-0.39, 0.29) is 18.6 Å². The lowest BCUT2D eigenvalue weighted by atomic mass is 10.0. The van der Waals surface area contributed by atoms with Gasteiger partial charge in [0.15, 0.2) is 18.1 Å². The Labute approximate surface area is 141 Å². The molecule has 6 heteroatoms. The van der Waals surface area contributed by atoms with E-state index in [1.165, 1.54) is 0 Å². The summed E-state index contributed by atoms with van der Waals surface area (Å²) < 4.78 is 16.3. The van der Waals surface area contributed by atoms with Crippen LogP contribution in [0.5, 0.6) is 11.5 Å². The smallest absolute Gasteiger partial charge is 0.338 e. The highest BCUT2D eigenvalue weighted by Crippen LogP contribution is 2.30. The van der Waals surface area contributed by atoms with Crippen LogP contribution in [0.1, 0.15) is 43.0 Å². The van der Waals surface area contributed by atoms with Gasteiger partial charge < -0.3 is 19.1 Å². The van der Waals surface area contributed by atoms with Gasteiger partial charge in [0.25, 0.3) is 5.91 Å². The average molecular weight is 333 g/mol. The van der Waals surface area contributed by atoms with Crippen molar-refractivity contribution in [3.63, 3.8) is 0 Å². The molecule has 1 fully saturated rings. The van der Waals surface area contributed by atoms with Crippen LogP contribution in [0.3, 0.4) is 0 Å². The number of likely N-dealkylation sites (tertiary alicyclic amines) is 1. The predicted octanol–water partition coefficient (Wildman–Crippen LogP) is 2.41. The Morgan fingerprint density at radius 3 is 2.75 bits per heavy atom. The Bertz CT molecular complexity index is 615. The van der Waals surface area contributed by atoms with Crippen molar-refractivity contribution in [3.8, 4) is 11.5 Å². The summed E-state index contributed by atoms with van der Waals surface area (Å²) in [7, 11) is 0. The Hall–Kier alpha value is -2.24. The Morgan fingerprint density at radius 2 is 1.96 bits per heavy atom. The monoisotopic (exact) mass is 333 g/mol. The highest BCUT2D eigenvalue weighted by Gasteiger charge is 2.24. The van der Waals surface area contributed by atoms with Gasteiger partial charge in [-0.1, -0.05) is 0 Å². The molecule has 0 radical (unpaired) electrons. The van der Waals surface area contributed by atoms with Gasteiger partial charge in [-0.3, -0.25) is 4.79 Å². The lowest BCUT2D eigenvalue weighted by Gasteiger charge is -2.33. The van der Waals surface area contributed by atoms with E-state index in [0.717, 1.165) is 32.2 Å².